The van der Waals surface area contributed by atoms with E-state index in [0.29, 0.717) is 19.5 Å². The zero-order valence-electron chi connectivity index (χ0n) is 18.3. The number of Topliss-reactive ketones (excluding diaryl/α,β-unsaturated/α-hetero) is 1. The first kappa shape index (κ1) is 21.9. The number of esters is 1. The Balaban J connectivity index is 1.56. The molecule has 0 radical (unpaired) electrons. The number of piperazine rings is 1. The maximum absolute atomic E-state index is 12.9. The number of nitrogens with zero attached hydrogens (tertiary/aromatic N) is 3. The Bertz CT molecular complexity index is 881. The first-order valence-electron chi connectivity index (χ1n) is 10.3. The summed E-state index contributed by atoms with van der Waals surface area (Å²) in [6.45, 7) is 8.32. The SMILES string of the molecule is COC(=O)CCn1c(C)cc(C(=O)CN2CCN(c3ccc(OC)cc3)CC2)c1C. The fraction of sp³-hybridized carbons (Fsp3) is 0.478. The summed E-state index contributed by atoms with van der Waals surface area (Å²) in [6.07, 6.45) is 0.299. The van der Waals surface area contributed by atoms with E-state index in [9.17, 15) is 9.59 Å². The van der Waals surface area contributed by atoms with Crippen molar-refractivity contribution in [1.29, 1.82) is 0 Å². The van der Waals surface area contributed by atoms with Gasteiger partial charge in [0.2, 0.25) is 0 Å². The summed E-state index contributed by atoms with van der Waals surface area (Å²) in [5.41, 5.74) is 3.83. The number of carbonyl (C=O) groups is 2. The van der Waals surface area contributed by atoms with Crippen molar-refractivity contribution in [3.63, 3.8) is 0 Å². The summed E-state index contributed by atoms with van der Waals surface area (Å²) in [7, 11) is 3.06. The molecule has 3 rings (SSSR count). The molecule has 0 unspecified atom stereocenters. The number of hydrogen-bond acceptors (Lipinski definition) is 6. The minimum Gasteiger partial charge on any atom is -0.497 e. The molecule has 1 aromatic carbocycles. The van der Waals surface area contributed by atoms with Crippen LogP contribution in [0.2, 0.25) is 0 Å². The molecule has 0 amide bonds. The van der Waals surface area contributed by atoms with Gasteiger partial charge in [-0.2, -0.15) is 0 Å². The zero-order chi connectivity index (χ0) is 21.7. The number of aromatic nitrogens is 1. The zero-order valence-corrected chi connectivity index (χ0v) is 18.3. The van der Waals surface area contributed by atoms with Crippen molar-refractivity contribution in [1.82, 2.24) is 9.47 Å². The van der Waals surface area contributed by atoms with Gasteiger partial charge in [0.25, 0.3) is 0 Å². The molecule has 0 spiro atoms. The molecule has 0 aliphatic carbocycles. The number of ether oxygens (including phenoxy) is 2. The molecule has 162 valence electrons. The van der Waals surface area contributed by atoms with Gasteiger partial charge in [0.05, 0.1) is 27.2 Å². The van der Waals surface area contributed by atoms with E-state index in [4.69, 9.17) is 9.47 Å². The molecule has 0 N–H and O–H groups in total. The van der Waals surface area contributed by atoms with Crippen molar-refractivity contribution in [2.75, 3.05) is 51.8 Å². The number of hydrogen-bond donors (Lipinski definition) is 0. The average molecular weight is 414 g/mol. The van der Waals surface area contributed by atoms with Crippen molar-refractivity contribution in [2.45, 2.75) is 26.8 Å². The minimum absolute atomic E-state index is 0.130. The Hall–Kier alpha value is -2.80. The first-order chi connectivity index (χ1) is 14.4. The van der Waals surface area contributed by atoms with Crippen LogP contribution in [-0.2, 0) is 16.1 Å². The van der Waals surface area contributed by atoms with E-state index in [0.717, 1.165) is 48.9 Å². The third kappa shape index (κ3) is 5.02. The predicted molar refractivity (Wildman–Crippen MR) is 117 cm³/mol. The highest BCUT2D eigenvalue weighted by atomic mass is 16.5. The van der Waals surface area contributed by atoms with Gasteiger partial charge in [0.1, 0.15) is 5.75 Å². The Kier molecular flexibility index (Phi) is 7.15. The number of ketones is 1. The molecule has 1 aliphatic rings. The lowest BCUT2D eigenvalue weighted by Crippen LogP contribution is -2.48. The Morgan fingerprint density at radius 3 is 2.27 bits per heavy atom. The van der Waals surface area contributed by atoms with Crippen molar-refractivity contribution in [3.8, 4) is 5.75 Å². The molecule has 1 aliphatic heterocycles. The van der Waals surface area contributed by atoms with Gasteiger partial charge >= 0.3 is 5.97 Å². The van der Waals surface area contributed by atoms with Gasteiger partial charge in [-0.3, -0.25) is 14.5 Å². The van der Waals surface area contributed by atoms with E-state index in [1.54, 1.807) is 7.11 Å². The lowest BCUT2D eigenvalue weighted by Gasteiger charge is -2.35. The number of rotatable bonds is 8. The smallest absolute Gasteiger partial charge is 0.307 e. The molecule has 7 heteroatoms. The maximum atomic E-state index is 12.9. The summed E-state index contributed by atoms with van der Waals surface area (Å²) in [4.78, 5) is 28.9. The maximum Gasteiger partial charge on any atom is 0.307 e. The Morgan fingerprint density at radius 1 is 1.00 bits per heavy atom. The van der Waals surface area contributed by atoms with Crippen LogP contribution in [0.25, 0.3) is 0 Å². The molecule has 2 aromatic rings. The normalized spacial score (nSPS) is 14.6. The van der Waals surface area contributed by atoms with Gasteiger partial charge in [-0.25, -0.2) is 0 Å². The van der Waals surface area contributed by atoms with Gasteiger partial charge in [0.15, 0.2) is 5.78 Å². The molecule has 30 heavy (non-hydrogen) atoms. The van der Waals surface area contributed by atoms with E-state index in [2.05, 4.69) is 21.9 Å². The fourth-order valence-corrected chi connectivity index (χ4v) is 3.98. The monoisotopic (exact) mass is 413 g/mol. The summed E-state index contributed by atoms with van der Waals surface area (Å²) >= 11 is 0. The summed E-state index contributed by atoms with van der Waals surface area (Å²) in [5.74, 6) is 0.739. The van der Waals surface area contributed by atoms with Crippen molar-refractivity contribution in [3.05, 3.63) is 47.3 Å². The molecular formula is C23H31N3O4. The van der Waals surface area contributed by atoms with Gasteiger partial charge in [-0.1, -0.05) is 0 Å². The molecule has 2 heterocycles. The van der Waals surface area contributed by atoms with Crippen LogP contribution in [0.15, 0.2) is 30.3 Å². The number of benzene rings is 1. The Morgan fingerprint density at radius 2 is 1.67 bits per heavy atom. The van der Waals surface area contributed by atoms with Gasteiger partial charge in [-0.05, 0) is 44.2 Å². The topological polar surface area (TPSA) is 64.0 Å². The highest BCUT2D eigenvalue weighted by Gasteiger charge is 2.22. The van der Waals surface area contributed by atoms with Crippen molar-refractivity contribution in [2.24, 2.45) is 0 Å². The lowest BCUT2D eigenvalue weighted by atomic mass is 10.1. The van der Waals surface area contributed by atoms with E-state index in [-0.39, 0.29) is 11.8 Å². The molecular weight excluding hydrogens is 382 g/mol. The first-order valence-corrected chi connectivity index (χ1v) is 10.3. The minimum atomic E-state index is -0.245. The van der Waals surface area contributed by atoms with Gasteiger partial charge < -0.3 is 18.9 Å². The van der Waals surface area contributed by atoms with Crippen LogP contribution in [-0.4, -0.2) is 68.2 Å². The van der Waals surface area contributed by atoms with Crippen molar-refractivity contribution < 1.29 is 19.1 Å². The summed E-state index contributed by atoms with van der Waals surface area (Å²) in [5, 5.41) is 0. The molecule has 0 saturated carbocycles. The van der Waals surface area contributed by atoms with Crippen LogP contribution in [0.4, 0.5) is 5.69 Å². The van der Waals surface area contributed by atoms with E-state index >= 15 is 0 Å². The average Bonchev–Trinajstić information content (AvgIpc) is 3.06. The third-order valence-electron chi connectivity index (χ3n) is 5.82. The second-order valence-electron chi connectivity index (χ2n) is 7.65. The number of methoxy groups -OCH3 is 2. The van der Waals surface area contributed by atoms with Gasteiger partial charge in [0, 0.05) is 55.4 Å². The van der Waals surface area contributed by atoms with E-state index in [1.807, 2.05) is 36.6 Å². The molecule has 7 nitrogen and oxygen atoms in total. The molecule has 1 aromatic heterocycles. The second-order valence-corrected chi connectivity index (χ2v) is 7.65. The standard InChI is InChI=1S/C23H31N3O4/c1-17-15-21(18(2)26(17)10-9-23(28)30-4)22(27)16-24-11-13-25(14-12-24)19-5-7-20(29-3)8-6-19/h5-8,15H,9-14,16H2,1-4H3. The number of aryl methyl sites for hydroxylation is 1. The fourth-order valence-electron chi connectivity index (χ4n) is 3.98. The summed E-state index contributed by atoms with van der Waals surface area (Å²) in [6, 6.07) is 10.0. The third-order valence-corrected chi connectivity index (χ3v) is 5.82. The van der Waals surface area contributed by atoms with E-state index in [1.165, 1.54) is 12.8 Å². The molecule has 1 fully saturated rings. The second kappa shape index (κ2) is 9.80. The quantitative estimate of drug-likeness (QED) is 0.490. The largest absolute Gasteiger partial charge is 0.497 e. The van der Waals surface area contributed by atoms with E-state index < -0.39 is 0 Å². The van der Waals surface area contributed by atoms with Crippen LogP contribution < -0.4 is 9.64 Å². The van der Waals surface area contributed by atoms with Crippen molar-refractivity contribution >= 4 is 17.4 Å². The molecule has 1 saturated heterocycles. The highest BCUT2D eigenvalue weighted by Crippen LogP contribution is 2.21. The van der Waals surface area contributed by atoms with Crippen LogP contribution in [0.1, 0.15) is 28.2 Å². The molecule has 0 bridgehead atoms. The predicted octanol–water partition coefficient (Wildman–Crippen LogP) is 2.68. The lowest BCUT2D eigenvalue weighted by molar-refractivity contribution is -0.140. The number of anilines is 1. The van der Waals surface area contributed by atoms with Gasteiger partial charge in [-0.15, -0.1) is 0 Å². The van der Waals surface area contributed by atoms with Crippen LogP contribution in [0.5, 0.6) is 5.75 Å². The summed E-state index contributed by atoms with van der Waals surface area (Å²) < 4.78 is 12.0. The Labute approximate surface area is 178 Å². The van der Waals surface area contributed by atoms with Crippen LogP contribution in [0.3, 0.4) is 0 Å². The van der Waals surface area contributed by atoms with Crippen LogP contribution >= 0.6 is 0 Å². The number of carbonyl (C=O) groups excluding carboxylic acids is 2. The highest BCUT2D eigenvalue weighted by molar-refractivity contribution is 5.99. The molecule has 0 atom stereocenters. The van der Waals surface area contributed by atoms with Crippen LogP contribution in [0, 0.1) is 13.8 Å².